The molecular formula is C35H49F3N4O5. The van der Waals surface area contributed by atoms with Gasteiger partial charge in [0, 0.05) is 32.1 Å². The number of alkyl halides is 3. The zero-order valence-electron chi connectivity index (χ0n) is 27.8. The van der Waals surface area contributed by atoms with Gasteiger partial charge >= 0.3 is 6.18 Å². The molecule has 1 fully saturated rings. The molecule has 0 unspecified atom stereocenters. The molecule has 1 heterocycles. The summed E-state index contributed by atoms with van der Waals surface area (Å²) < 4.78 is 50.8. The summed E-state index contributed by atoms with van der Waals surface area (Å²) in [5, 5.41) is 8.59. The molecule has 3 atom stereocenters. The van der Waals surface area contributed by atoms with Crippen LogP contribution in [-0.2, 0) is 38.1 Å². The highest BCUT2D eigenvalue weighted by atomic mass is 19.4. The highest BCUT2D eigenvalue weighted by molar-refractivity contribution is 5.92. The standard InChI is InChI=1S/C35H49F3N4O5/c1-5-18-47-30-14-7-6-11-27(30)12-9-15-39-33(44)29(23-42-16-19-46-20-17-42)40-34(45)31(24(2)3)41-32(43)25(4)21-26-10-8-13-28(22-26)35(36,37)38/h6-8,10-11,13-14,22,24-25,29,31H,5,9,12,15-21,23H2,1-4H3,(H,39,44)(H,40,45)(H,41,43)/t25-,29+,31-/m1/s1. The van der Waals surface area contributed by atoms with E-state index in [4.69, 9.17) is 9.47 Å². The molecule has 3 amide bonds. The number of amides is 3. The molecule has 0 aromatic heterocycles. The summed E-state index contributed by atoms with van der Waals surface area (Å²) in [6, 6.07) is 10.9. The van der Waals surface area contributed by atoms with Crippen molar-refractivity contribution in [3.63, 3.8) is 0 Å². The predicted molar refractivity (Wildman–Crippen MR) is 174 cm³/mol. The first-order chi connectivity index (χ1) is 22.4. The highest BCUT2D eigenvalue weighted by Gasteiger charge is 2.32. The van der Waals surface area contributed by atoms with Crippen LogP contribution in [0.4, 0.5) is 13.2 Å². The van der Waals surface area contributed by atoms with Crippen molar-refractivity contribution in [2.45, 2.75) is 71.6 Å². The van der Waals surface area contributed by atoms with Crippen molar-refractivity contribution >= 4 is 17.7 Å². The average Bonchev–Trinajstić information content (AvgIpc) is 3.04. The number of benzene rings is 2. The smallest absolute Gasteiger partial charge is 0.416 e. The van der Waals surface area contributed by atoms with Crippen LogP contribution in [0.3, 0.4) is 0 Å². The van der Waals surface area contributed by atoms with Gasteiger partial charge in [-0.15, -0.1) is 0 Å². The van der Waals surface area contributed by atoms with Crippen molar-refractivity contribution < 1.29 is 37.0 Å². The number of para-hydroxylation sites is 1. The van der Waals surface area contributed by atoms with Crippen LogP contribution in [0, 0.1) is 11.8 Å². The minimum atomic E-state index is -4.49. The van der Waals surface area contributed by atoms with Crippen molar-refractivity contribution in [1.29, 1.82) is 0 Å². The van der Waals surface area contributed by atoms with E-state index in [1.807, 2.05) is 31.2 Å². The van der Waals surface area contributed by atoms with Crippen molar-refractivity contribution in [2.75, 3.05) is 46.0 Å². The summed E-state index contributed by atoms with van der Waals surface area (Å²) in [7, 11) is 0. The number of morpholine rings is 1. The van der Waals surface area contributed by atoms with Gasteiger partial charge in [0.05, 0.1) is 25.4 Å². The van der Waals surface area contributed by atoms with Gasteiger partial charge in [-0.05, 0) is 54.9 Å². The lowest BCUT2D eigenvalue weighted by Crippen LogP contribution is -2.59. The molecule has 1 aliphatic heterocycles. The Hall–Kier alpha value is -3.64. The van der Waals surface area contributed by atoms with E-state index in [1.54, 1.807) is 26.8 Å². The number of rotatable bonds is 17. The third-order valence-corrected chi connectivity index (χ3v) is 8.02. The van der Waals surface area contributed by atoms with Crippen LogP contribution in [0.1, 0.15) is 57.2 Å². The van der Waals surface area contributed by atoms with E-state index in [-0.39, 0.29) is 24.8 Å². The Labute approximate surface area is 275 Å². The molecule has 12 heteroatoms. The first-order valence-corrected chi connectivity index (χ1v) is 16.4. The molecular weight excluding hydrogens is 613 g/mol. The second-order valence-electron chi connectivity index (χ2n) is 12.4. The lowest BCUT2D eigenvalue weighted by atomic mass is 9.97. The number of hydrogen-bond acceptors (Lipinski definition) is 6. The van der Waals surface area contributed by atoms with Gasteiger partial charge in [0.15, 0.2) is 0 Å². The summed E-state index contributed by atoms with van der Waals surface area (Å²) in [5.41, 5.74) is 0.649. The topological polar surface area (TPSA) is 109 Å². The van der Waals surface area contributed by atoms with E-state index < -0.39 is 41.6 Å². The van der Waals surface area contributed by atoms with Gasteiger partial charge in [-0.1, -0.05) is 64.1 Å². The second-order valence-corrected chi connectivity index (χ2v) is 12.4. The number of ether oxygens (including phenoxy) is 2. The van der Waals surface area contributed by atoms with E-state index >= 15 is 0 Å². The number of nitrogens with zero attached hydrogens (tertiary/aromatic N) is 1. The molecule has 0 saturated carbocycles. The van der Waals surface area contributed by atoms with Crippen LogP contribution >= 0.6 is 0 Å². The van der Waals surface area contributed by atoms with Crippen LogP contribution in [-0.4, -0.2) is 80.7 Å². The fraction of sp³-hybridized carbons (Fsp3) is 0.571. The monoisotopic (exact) mass is 662 g/mol. The summed E-state index contributed by atoms with van der Waals surface area (Å²) in [6.07, 6.45) is -2.13. The maximum absolute atomic E-state index is 13.6. The summed E-state index contributed by atoms with van der Waals surface area (Å²) in [6.45, 7) is 10.8. The summed E-state index contributed by atoms with van der Waals surface area (Å²) in [5.74, 6) is -1.47. The normalized spacial score (nSPS) is 15.8. The number of halogens is 3. The van der Waals surface area contributed by atoms with Crippen LogP contribution in [0.15, 0.2) is 48.5 Å². The molecule has 47 heavy (non-hydrogen) atoms. The molecule has 9 nitrogen and oxygen atoms in total. The average molecular weight is 663 g/mol. The van der Waals surface area contributed by atoms with Crippen molar-refractivity contribution in [3.8, 4) is 5.75 Å². The van der Waals surface area contributed by atoms with E-state index in [1.165, 1.54) is 6.07 Å². The lowest BCUT2D eigenvalue weighted by molar-refractivity contribution is -0.137. The SMILES string of the molecule is CCCOc1ccccc1CCCNC(=O)[C@H](CN1CCOCC1)NC(=O)[C@H](NC(=O)[C@H](C)Cc1cccc(C(F)(F)F)c1)C(C)C. The Balaban J connectivity index is 1.62. The van der Waals surface area contributed by atoms with E-state index in [0.717, 1.165) is 29.9 Å². The molecule has 0 spiro atoms. The lowest BCUT2D eigenvalue weighted by Gasteiger charge is -2.31. The Bertz CT molecular complexity index is 1300. The third kappa shape index (κ3) is 12.5. The zero-order valence-corrected chi connectivity index (χ0v) is 27.8. The first kappa shape index (κ1) is 37.8. The quantitative estimate of drug-likeness (QED) is 0.217. The largest absolute Gasteiger partial charge is 0.493 e. The van der Waals surface area contributed by atoms with Crippen LogP contribution in [0.25, 0.3) is 0 Å². The third-order valence-electron chi connectivity index (χ3n) is 8.02. The first-order valence-electron chi connectivity index (χ1n) is 16.4. The van der Waals surface area contributed by atoms with Crippen molar-refractivity contribution in [1.82, 2.24) is 20.9 Å². The van der Waals surface area contributed by atoms with Crippen molar-refractivity contribution in [2.24, 2.45) is 11.8 Å². The van der Waals surface area contributed by atoms with Crippen LogP contribution < -0.4 is 20.7 Å². The van der Waals surface area contributed by atoms with E-state index in [0.29, 0.717) is 57.9 Å². The Morgan fingerprint density at radius 2 is 1.68 bits per heavy atom. The van der Waals surface area contributed by atoms with Crippen molar-refractivity contribution in [3.05, 3.63) is 65.2 Å². The Morgan fingerprint density at radius 1 is 0.957 bits per heavy atom. The Morgan fingerprint density at radius 3 is 2.36 bits per heavy atom. The fourth-order valence-electron chi connectivity index (χ4n) is 5.33. The molecule has 0 bridgehead atoms. The molecule has 0 aliphatic carbocycles. The summed E-state index contributed by atoms with van der Waals surface area (Å²) in [4.78, 5) is 42.2. The highest BCUT2D eigenvalue weighted by Crippen LogP contribution is 2.30. The molecule has 0 radical (unpaired) electrons. The molecule has 3 N–H and O–H groups in total. The number of nitrogens with one attached hydrogen (secondary N) is 3. The van der Waals surface area contributed by atoms with Gasteiger partial charge in [0.1, 0.15) is 17.8 Å². The van der Waals surface area contributed by atoms with Gasteiger partial charge in [-0.25, -0.2) is 0 Å². The molecule has 2 aromatic carbocycles. The number of carbonyl (C=O) groups is 3. The van der Waals surface area contributed by atoms with Crippen LogP contribution in [0.5, 0.6) is 5.75 Å². The van der Waals surface area contributed by atoms with Crippen LogP contribution in [0.2, 0.25) is 0 Å². The molecule has 1 saturated heterocycles. The van der Waals surface area contributed by atoms with Gasteiger partial charge < -0.3 is 25.4 Å². The maximum Gasteiger partial charge on any atom is 0.416 e. The number of hydrogen-bond donors (Lipinski definition) is 3. The number of carbonyl (C=O) groups excluding carboxylic acids is 3. The van der Waals surface area contributed by atoms with Gasteiger partial charge in [-0.3, -0.25) is 19.3 Å². The van der Waals surface area contributed by atoms with Gasteiger partial charge in [0.2, 0.25) is 17.7 Å². The number of aryl methyl sites for hydroxylation is 1. The molecule has 260 valence electrons. The fourth-order valence-corrected chi connectivity index (χ4v) is 5.33. The minimum absolute atomic E-state index is 0.0689. The van der Waals surface area contributed by atoms with Gasteiger partial charge in [-0.2, -0.15) is 13.2 Å². The second kappa shape index (κ2) is 18.6. The molecule has 1 aliphatic rings. The maximum atomic E-state index is 13.6. The van der Waals surface area contributed by atoms with Gasteiger partial charge in [0.25, 0.3) is 0 Å². The summed E-state index contributed by atoms with van der Waals surface area (Å²) >= 11 is 0. The Kier molecular flexibility index (Phi) is 15.0. The zero-order chi connectivity index (χ0) is 34.4. The predicted octanol–water partition coefficient (Wildman–Crippen LogP) is 4.38. The molecule has 2 aromatic rings. The molecule has 3 rings (SSSR count). The van der Waals surface area contributed by atoms with E-state index in [2.05, 4.69) is 20.9 Å². The minimum Gasteiger partial charge on any atom is -0.493 e. The van der Waals surface area contributed by atoms with E-state index in [9.17, 15) is 27.6 Å².